The van der Waals surface area contributed by atoms with Gasteiger partial charge in [0.25, 0.3) is 0 Å². The Balaban J connectivity index is 2.76. The summed E-state index contributed by atoms with van der Waals surface area (Å²) in [4.78, 5) is 22.0. The van der Waals surface area contributed by atoms with Crippen LogP contribution < -0.4 is 10.6 Å². The summed E-state index contributed by atoms with van der Waals surface area (Å²) >= 11 is 0.774. The lowest BCUT2D eigenvalue weighted by atomic mass is 10.1. The molecule has 1 atom stereocenters. The Bertz CT molecular complexity index is 690. The number of hydrogen-bond acceptors (Lipinski definition) is 6. The molecule has 0 amide bonds. The molecule has 2 rings (SSSR count). The number of aromatic nitrogens is 1. The zero-order valence-electron chi connectivity index (χ0n) is 9.74. The summed E-state index contributed by atoms with van der Waals surface area (Å²) in [5.41, 5.74) is 5.89. The largest absolute Gasteiger partial charge is 0.506 e. The molecule has 0 spiro atoms. The molecule has 0 bridgehead atoms. The van der Waals surface area contributed by atoms with Crippen molar-refractivity contribution in [1.29, 1.82) is 0 Å². The number of aliphatic carboxylic acids is 1. The van der Waals surface area contributed by atoms with Crippen molar-refractivity contribution in [3.63, 3.8) is 0 Å². The van der Waals surface area contributed by atoms with Crippen molar-refractivity contribution in [1.82, 2.24) is 4.57 Å². The Kier molecular flexibility index (Phi) is 3.56. The number of phenolic OH excluding ortho intramolecular Hbond substituents is 1. The van der Waals surface area contributed by atoms with Gasteiger partial charge < -0.3 is 21.1 Å². The third-order valence-corrected chi connectivity index (χ3v) is 3.72. The van der Waals surface area contributed by atoms with Crippen molar-refractivity contribution in [2.24, 2.45) is 5.73 Å². The lowest BCUT2D eigenvalue weighted by molar-refractivity contribution is -0.137. The van der Waals surface area contributed by atoms with E-state index >= 15 is 0 Å². The highest BCUT2D eigenvalue weighted by atomic mass is 32.1. The average Bonchev–Trinajstić information content (AvgIpc) is 2.66. The number of rotatable bonds is 4. The van der Waals surface area contributed by atoms with E-state index in [9.17, 15) is 19.8 Å². The van der Waals surface area contributed by atoms with E-state index in [1.807, 2.05) is 0 Å². The van der Waals surface area contributed by atoms with Crippen molar-refractivity contribution in [3.05, 3.63) is 27.4 Å². The highest BCUT2D eigenvalue weighted by molar-refractivity contribution is 7.16. The second-order valence-corrected chi connectivity index (χ2v) is 4.91. The number of nitrogens with zero attached hydrogens (tertiary/aromatic N) is 1. The Morgan fingerprint density at radius 3 is 2.74 bits per heavy atom. The van der Waals surface area contributed by atoms with Gasteiger partial charge in [0.05, 0.1) is 10.8 Å². The number of nitrogens with two attached hydrogens (primary N) is 1. The van der Waals surface area contributed by atoms with E-state index in [2.05, 4.69) is 0 Å². The minimum Gasteiger partial charge on any atom is -0.506 e. The Morgan fingerprint density at radius 2 is 2.16 bits per heavy atom. The molecule has 19 heavy (non-hydrogen) atoms. The molecule has 0 aliphatic rings. The molecule has 102 valence electrons. The highest BCUT2D eigenvalue weighted by Gasteiger charge is 2.19. The number of carboxylic acid groups (broad SMARTS) is 1. The van der Waals surface area contributed by atoms with Crippen molar-refractivity contribution in [2.75, 3.05) is 6.54 Å². The van der Waals surface area contributed by atoms with Crippen LogP contribution in [0.4, 0.5) is 0 Å². The van der Waals surface area contributed by atoms with Crippen molar-refractivity contribution in [2.45, 2.75) is 12.6 Å². The quantitative estimate of drug-likeness (QED) is 0.618. The van der Waals surface area contributed by atoms with Crippen molar-refractivity contribution < 1.29 is 20.1 Å². The fourth-order valence-corrected chi connectivity index (χ4v) is 2.92. The first-order valence-electron chi connectivity index (χ1n) is 5.40. The van der Waals surface area contributed by atoms with Crippen molar-refractivity contribution in [3.8, 4) is 5.75 Å². The minimum atomic E-state index is -1.19. The molecule has 5 N–H and O–H groups in total. The third kappa shape index (κ3) is 2.33. The number of phenols is 1. The van der Waals surface area contributed by atoms with E-state index in [-0.39, 0.29) is 17.8 Å². The third-order valence-electron chi connectivity index (χ3n) is 2.70. The van der Waals surface area contributed by atoms with Crippen LogP contribution in [-0.4, -0.2) is 32.4 Å². The summed E-state index contributed by atoms with van der Waals surface area (Å²) in [5, 5.41) is 28.3. The summed E-state index contributed by atoms with van der Waals surface area (Å²) in [6.07, 6.45) is -0.973. The number of aliphatic hydroxyl groups excluding tert-OH is 1. The molecule has 0 saturated heterocycles. The normalized spacial score (nSPS) is 12.7. The van der Waals surface area contributed by atoms with Gasteiger partial charge in [0, 0.05) is 12.1 Å². The fourth-order valence-electron chi connectivity index (χ4n) is 1.85. The van der Waals surface area contributed by atoms with E-state index in [1.165, 1.54) is 12.1 Å². The van der Waals surface area contributed by atoms with Crippen LogP contribution in [0.25, 0.3) is 10.2 Å². The monoisotopic (exact) mass is 284 g/mol. The van der Waals surface area contributed by atoms with Crippen LogP contribution in [0.2, 0.25) is 0 Å². The Labute approximate surface area is 111 Å². The predicted molar refractivity (Wildman–Crippen MR) is 69.4 cm³/mol. The van der Waals surface area contributed by atoms with Crippen LogP contribution in [0.15, 0.2) is 16.9 Å². The lowest BCUT2D eigenvalue weighted by Crippen LogP contribution is -2.18. The molecule has 0 saturated carbocycles. The maximum absolute atomic E-state index is 11.8. The number of thiazole rings is 1. The number of carboxylic acids is 1. The summed E-state index contributed by atoms with van der Waals surface area (Å²) in [5.74, 6) is -1.39. The summed E-state index contributed by atoms with van der Waals surface area (Å²) in [6, 6.07) is 2.78. The van der Waals surface area contributed by atoms with Gasteiger partial charge >= 0.3 is 10.8 Å². The zero-order valence-corrected chi connectivity index (χ0v) is 10.6. The van der Waals surface area contributed by atoms with E-state index < -0.39 is 23.5 Å². The number of carbonyl (C=O) groups is 1. The number of benzene rings is 1. The standard InChI is InChI=1S/C11H12N2O5S/c12-3-7(15)5-1-2-6(14)9-10(5)19-11(18)13(9)4-8(16)17/h1-2,7,14-15H,3-4,12H2,(H,16,17)/t7-/m0/s1. The zero-order chi connectivity index (χ0) is 14.2. The van der Waals surface area contributed by atoms with Gasteiger partial charge in [-0.15, -0.1) is 0 Å². The molecule has 0 aliphatic heterocycles. The maximum atomic E-state index is 11.8. The molecule has 7 nitrogen and oxygen atoms in total. The number of fused-ring (bicyclic) bond motifs is 1. The van der Waals surface area contributed by atoms with Gasteiger partial charge in [-0.3, -0.25) is 14.2 Å². The highest BCUT2D eigenvalue weighted by Crippen LogP contribution is 2.32. The van der Waals surface area contributed by atoms with Crippen LogP contribution in [0, 0.1) is 0 Å². The van der Waals surface area contributed by atoms with Gasteiger partial charge in [0.1, 0.15) is 17.8 Å². The molecule has 0 aliphatic carbocycles. The van der Waals surface area contributed by atoms with Crippen LogP contribution in [-0.2, 0) is 11.3 Å². The second-order valence-electron chi connectivity index (χ2n) is 3.95. The number of aromatic hydroxyl groups is 1. The van der Waals surface area contributed by atoms with Gasteiger partial charge in [-0.1, -0.05) is 17.4 Å². The first-order valence-corrected chi connectivity index (χ1v) is 6.22. The molecule has 1 aromatic heterocycles. The summed E-state index contributed by atoms with van der Waals surface area (Å²) in [6.45, 7) is -0.584. The molecule has 0 radical (unpaired) electrons. The van der Waals surface area contributed by atoms with Crippen molar-refractivity contribution >= 4 is 27.5 Å². The molecule has 1 aromatic carbocycles. The van der Waals surface area contributed by atoms with Gasteiger partial charge in [0.2, 0.25) is 0 Å². The Hall–Kier alpha value is -1.90. The predicted octanol–water partition coefficient (Wildman–Crippen LogP) is -0.155. The minimum absolute atomic E-state index is 0.0368. The van der Waals surface area contributed by atoms with E-state index in [0.29, 0.717) is 10.3 Å². The first-order chi connectivity index (χ1) is 8.95. The molecular weight excluding hydrogens is 272 g/mol. The topological polar surface area (TPSA) is 126 Å². The smallest absolute Gasteiger partial charge is 0.323 e. The summed E-state index contributed by atoms with van der Waals surface area (Å²) in [7, 11) is 0. The van der Waals surface area contributed by atoms with E-state index in [0.717, 1.165) is 15.9 Å². The molecule has 0 fully saturated rings. The van der Waals surface area contributed by atoms with Crippen LogP contribution in [0.3, 0.4) is 0 Å². The van der Waals surface area contributed by atoms with Gasteiger partial charge in [-0.25, -0.2) is 0 Å². The maximum Gasteiger partial charge on any atom is 0.323 e. The van der Waals surface area contributed by atoms with Crippen LogP contribution in [0.5, 0.6) is 5.75 Å². The van der Waals surface area contributed by atoms with Gasteiger partial charge in [0.15, 0.2) is 0 Å². The molecule has 1 heterocycles. The van der Waals surface area contributed by atoms with Crippen LogP contribution in [0.1, 0.15) is 11.7 Å². The van der Waals surface area contributed by atoms with Gasteiger partial charge in [-0.05, 0) is 6.07 Å². The first kappa shape index (κ1) is 13.5. The van der Waals surface area contributed by atoms with Crippen LogP contribution >= 0.6 is 11.3 Å². The number of aliphatic hydroxyl groups is 1. The SMILES string of the molecule is NC[C@H](O)c1ccc(O)c2c1sc(=O)n2CC(=O)O. The molecule has 8 heteroatoms. The molecule has 0 unspecified atom stereocenters. The van der Waals surface area contributed by atoms with E-state index in [4.69, 9.17) is 10.8 Å². The number of hydrogen-bond donors (Lipinski definition) is 4. The second kappa shape index (κ2) is 5.00. The molecule has 2 aromatic rings. The van der Waals surface area contributed by atoms with E-state index in [1.54, 1.807) is 0 Å². The summed E-state index contributed by atoms with van der Waals surface area (Å²) < 4.78 is 1.31. The Morgan fingerprint density at radius 1 is 1.47 bits per heavy atom. The lowest BCUT2D eigenvalue weighted by Gasteiger charge is -2.10. The average molecular weight is 284 g/mol. The molecular formula is C11H12N2O5S. The fraction of sp³-hybridized carbons (Fsp3) is 0.273. The van der Waals surface area contributed by atoms with Gasteiger partial charge in [-0.2, -0.15) is 0 Å².